The van der Waals surface area contributed by atoms with Crippen LogP contribution in [-0.4, -0.2) is 35.3 Å². The molecule has 0 fully saturated rings. The maximum Gasteiger partial charge on any atom is 0.170 e. The van der Waals surface area contributed by atoms with Crippen molar-refractivity contribution in [3.63, 3.8) is 0 Å². The summed E-state index contributed by atoms with van der Waals surface area (Å²) in [6.45, 7) is 7.80. The molecule has 0 aliphatic carbocycles. The monoisotopic (exact) mass is 219 g/mol. The number of ether oxygens (including phenoxy) is 1. The second-order valence-electron chi connectivity index (χ2n) is 4.61. The summed E-state index contributed by atoms with van der Waals surface area (Å²) in [6.07, 6.45) is 0.131. The largest absolute Gasteiger partial charge is 0.394 e. The van der Waals surface area contributed by atoms with E-state index >= 15 is 0 Å². The molecule has 0 aromatic heterocycles. The van der Waals surface area contributed by atoms with Gasteiger partial charge in [-0.05, 0) is 18.3 Å². The molecule has 0 spiro atoms. The lowest BCUT2D eigenvalue weighted by Gasteiger charge is -2.34. The number of hydrogen-bond donors (Lipinski definition) is 3. The van der Waals surface area contributed by atoms with E-state index in [-0.39, 0.29) is 18.1 Å². The second-order valence-corrected chi connectivity index (χ2v) is 4.61. The topological polar surface area (TPSA) is 75.7 Å². The number of aliphatic hydroxyl groups excluding tert-OH is 2. The molecule has 3 atom stereocenters. The first-order chi connectivity index (χ1) is 6.88. The summed E-state index contributed by atoms with van der Waals surface area (Å²) in [6, 6.07) is -0.397. The van der Waals surface area contributed by atoms with Gasteiger partial charge >= 0.3 is 0 Å². The molecule has 0 aliphatic heterocycles. The zero-order valence-electron chi connectivity index (χ0n) is 10.2. The van der Waals surface area contributed by atoms with Crippen LogP contribution < -0.4 is 5.73 Å². The quantitative estimate of drug-likeness (QED) is 0.555. The molecule has 4 heteroatoms. The van der Waals surface area contributed by atoms with Gasteiger partial charge in [0, 0.05) is 0 Å². The standard InChI is InChI=1S/C11H25NO3/c1-5-8(12)10(14)15-9(7-13)11(3,4)6-2/h8-10,13-14H,5-7,12H2,1-4H3. The lowest BCUT2D eigenvalue weighted by atomic mass is 9.84. The molecule has 4 N–H and O–H groups in total. The van der Waals surface area contributed by atoms with Gasteiger partial charge in [0.1, 0.15) is 0 Å². The summed E-state index contributed by atoms with van der Waals surface area (Å²) >= 11 is 0. The van der Waals surface area contributed by atoms with Crippen molar-refractivity contribution in [2.24, 2.45) is 11.1 Å². The lowest BCUT2D eigenvalue weighted by Crippen LogP contribution is -2.44. The molecular weight excluding hydrogens is 194 g/mol. The zero-order valence-corrected chi connectivity index (χ0v) is 10.2. The van der Waals surface area contributed by atoms with Crippen LogP contribution in [0, 0.1) is 5.41 Å². The van der Waals surface area contributed by atoms with Gasteiger partial charge in [-0.25, -0.2) is 0 Å². The van der Waals surface area contributed by atoms with E-state index in [4.69, 9.17) is 10.5 Å². The molecule has 0 aromatic rings. The number of rotatable bonds is 7. The summed E-state index contributed by atoms with van der Waals surface area (Å²) in [5.41, 5.74) is 5.48. The van der Waals surface area contributed by atoms with Crippen molar-refractivity contribution in [2.75, 3.05) is 6.61 Å². The summed E-state index contributed by atoms with van der Waals surface area (Å²) in [4.78, 5) is 0. The SMILES string of the molecule is CCC(N)C(O)OC(CO)C(C)(C)CC. The van der Waals surface area contributed by atoms with Gasteiger partial charge in [0.15, 0.2) is 6.29 Å². The molecule has 0 saturated carbocycles. The van der Waals surface area contributed by atoms with Crippen LogP contribution in [0.3, 0.4) is 0 Å². The third-order valence-corrected chi connectivity index (χ3v) is 3.09. The lowest BCUT2D eigenvalue weighted by molar-refractivity contribution is -0.187. The molecule has 0 aliphatic rings. The fraction of sp³-hybridized carbons (Fsp3) is 1.00. The van der Waals surface area contributed by atoms with Crippen LogP contribution >= 0.6 is 0 Å². The molecule has 0 saturated heterocycles. The van der Waals surface area contributed by atoms with Gasteiger partial charge in [-0.15, -0.1) is 0 Å². The molecule has 92 valence electrons. The van der Waals surface area contributed by atoms with Crippen LogP contribution in [0.1, 0.15) is 40.5 Å². The Morgan fingerprint density at radius 3 is 2.20 bits per heavy atom. The minimum absolute atomic E-state index is 0.103. The van der Waals surface area contributed by atoms with Gasteiger partial charge < -0.3 is 20.7 Å². The summed E-state index contributed by atoms with van der Waals surface area (Å²) in [5.74, 6) is 0. The van der Waals surface area contributed by atoms with Crippen LogP contribution in [0.4, 0.5) is 0 Å². The highest BCUT2D eigenvalue weighted by atomic mass is 16.6. The van der Waals surface area contributed by atoms with Crippen molar-refractivity contribution < 1.29 is 14.9 Å². The van der Waals surface area contributed by atoms with Gasteiger partial charge in [-0.1, -0.05) is 27.7 Å². The van der Waals surface area contributed by atoms with E-state index < -0.39 is 12.3 Å². The van der Waals surface area contributed by atoms with E-state index in [1.54, 1.807) is 0 Å². The Morgan fingerprint density at radius 1 is 1.33 bits per heavy atom. The molecule has 0 rings (SSSR count). The van der Waals surface area contributed by atoms with E-state index in [0.717, 1.165) is 6.42 Å². The Balaban J connectivity index is 4.33. The molecule has 0 radical (unpaired) electrons. The van der Waals surface area contributed by atoms with Crippen LogP contribution in [0.15, 0.2) is 0 Å². The highest BCUT2D eigenvalue weighted by molar-refractivity contribution is 4.78. The number of nitrogens with two attached hydrogens (primary N) is 1. The highest BCUT2D eigenvalue weighted by Crippen LogP contribution is 2.27. The van der Waals surface area contributed by atoms with Gasteiger partial charge in [0.05, 0.1) is 18.8 Å². The van der Waals surface area contributed by atoms with E-state index in [1.807, 2.05) is 27.7 Å². The van der Waals surface area contributed by atoms with Gasteiger partial charge in [-0.3, -0.25) is 0 Å². The fourth-order valence-electron chi connectivity index (χ4n) is 1.17. The maximum atomic E-state index is 9.62. The first kappa shape index (κ1) is 14.8. The third kappa shape index (κ3) is 4.47. The summed E-state index contributed by atoms with van der Waals surface area (Å²) < 4.78 is 5.39. The Hall–Kier alpha value is -0.160. The molecule has 3 unspecified atom stereocenters. The van der Waals surface area contributed by atoms with Crippen molar-refractivity contribution in [3.05, 3.63) is 0 Å². The van der Waals surface area contributed by atoms with Crippen molar-refractivity contribution >= 4 is 0 Å². The summed E-state index contributed by atoms with van der Waals surface area (Å²) in [7, 11) is 0. The maximum absolute atomic E-state index is 9.62. The predicted octanol–water partition coefficient (Wildman–Crippen LogP) is 0.856. The molecular formula is C11H25NO3. The van der Waals surface area contributed by atoms with Crippen molar-refractivity contribution in [1.82, 2.24) is 0 Å². The first-order valence-electron chi connectivity index (χ1n) is 5.59. The zero-order chi connectivity index (χ0) is 12.1. The third-order valence-electron chi connectivity index (χ3n) is 3.09. The average Bonchev–Trinajstić information content (AvgIpc) is 2.23. The Kier molecular flexibility index (Phi) is 6.36. The summed E-state index contributed by atoms with van der Waals surface area (Å²) in [5, 5.41) is 18.8. The van der Waals surface area contributed by atoms with Crippen molar-refractivity contribution in [3.8, 4) is 0 Å². The average molecular weight is 219 g/mol. The van der Waals surface area contributed by atoms with Gasteiger partial charge in [-0.2, -0.15) is 0 Å². The molecule has 4 nitrogen and oxygen atoms in total. The van der Waals surface area contributed by atoms with Gasteiger partial charge in [0.2, 0.25) is 0 Å². The predicted molar refractivity (Wildman–Crippen MR) is 60.3 cm³/mol. The molecule has 0 aromatic carbocycles. The fourth-order valence-corrected chi connectivity index (χ4v) is 1.17. The molecule has 0 heterocycles. The van der Waals surface area contributed by atoms with Crippen LogP contribution in [0.2, 0.25) is 0 Å². The normalized spacial score (nSPS) is 18.6. The van der Waals surface area contributed by atoms with E-state index in [2.05, 4.69) is 0 Å². The Labute approximate surface area is 92.4 Å². The van der Waals surface area contributed by atoms with Crippen molar-refractivity contribution in [2.45, 2.75) is 59.0 Å². The smallest absolute Gasteiger partial charge is 0.170 e. The first-order valence-corrected chi connectivity index (χ1v) is 5.59. The number of aliphatic hydroxyl groups is 2. The molecule has 15 heavy (non-hydrogen) atoms. The Morgan fingerprint density at radius 2 is 1.87 bits per heavy atom. The highest BCUT2D eigenvalue weighted by Gasteiger charge is 2.31. The minimum Gasteiger partial charge on any atom is -0.394 e. The van der Waals surface area contributed by atoms with Crippen LogP contribution in [0.5, 0.6) is 0 Å². The Bertz CT molecular complexity index is 173. The van der Waals surface area contributed by atoms with Crippen molar-refractivity contribution in [1.29, 1.82) is 0 Å². The van der Waals surface area contributed by atoms with E-state index in [0.29, 0.717) is 6.42 Å². The number of hydrogen-bond acceptors (Lipinski definition) is 4. The van der Waals surface area contributed by atoms with E-state index in [9.17, 15) is 10.2 Å². The molecule has 0 amide bonds. The van der Waals surface area contributed by atoms with Crippen LogP contribution in [0.25, 0.3) is 0 Å². The molecule has 0 bridgehead atoms. The second kappa shape index (κ2) is 6.43. The van der Waals surface area contributed by atoms with Crippen LogP contribution in [-0.2, 0) is 4.74 Å². The van der Waals surface area contributed by atoms with E-state index in [1.165, 1.54) is 0 Å². The minimum atomic E-state index is -1.00. The van der Waals surface area contributed by atoms with Gasteiger partial charge in [0.25, 0.3) is 0 Å².